The number of aromatic nitrogens is 1. The molecular weight excluding hydrogens is 246 g/mol. The van der Waals surface area contributed by atoms with Crippen LogP contribution in [0.4, 0.5) is 14.5 Å². The quantitative estimate of drug-likeness (QED) is 0.469. The van der Waals surface area contributed by atoms with Gasteiger partial charge in [0.25, 0.3) is 6.43 Å². The minimum absolute atomic E-state index is 0.126. The molecule has 0 amide bonds. The van der Waals surface area contributed by atoms with E-state index in [2.05, 4.69) is 9.72 Å². The Morgan fingerprint density at radius 3 is 2.69 bits per heavy atom. The van der Waals surface area contributed by atoms with Gasteiger partial charge in [0.15, 0.2) is 0 Å². The van der Waals surface area contributed by atoms with E-state index in [0.717, 1.165) is 13.3 Å². The van der Waals surface area contributed by atoms with E-state index < -0.39 is 28.3 Å². The maximum Gasteiger partial charge on any atom is 0.329 e. The molecule has 0 radical (unpaired) electrons. The minimum atomic E-state index is -2.93. The van der Waals surface area contributed by atoms with Gasteiger partial charge in [0.05, 0.1) is 29.2 Å². The lowest BCUT2D eigenvalue weighted by molar-refractivity contribution is -0.386. The molecule has 0 bridgehead atoms. The molecule has 88 valence electrons. The van der Waals surface area contributed by atoms with Crippen molar-refractivity contribution in [2.45, 2.75) is 12.3 Å². The van der Waals surface area contributed by atoms with Crippen LogP contribution in [0.5, 0.6) is 5.75 Å². The molecule has 1 aromatic heterocycles. The van der Waals surface area contributed by atoms with E-state index in [-0.39, 0.29) is 11.6 Å². The van der Waals surface area contributed by atoms with Crippen molar-refractivity contribution in [2.24, 2.45) is 0 Å². The third-order valence-corrected chi connectivity index (χ3v) is 2.13. The lowest BCUT2D eigenvalue weighted by atomic mass is 10.1. The third-order valence-electron chi connectivity index (χ3n) is 1.88. The first-order chi connectivity index (χ1) is 7.52. The Morgan fingerprint density at radius 2 is 2.31 bits per heavy atom. The molecule has 1 heterocycles. The van der Waals surface area contributed by atoms with E-state index in [4.69, 9.17) is 11.6 Å². The highest BCUT2D eigenvalue weighted by atomic mass is 35.5. The molecule has 5 nitrogen and oxygen atoms in total. The highest BCUT2D eigenvalue weighted by Crippen LogP contribution is 2.38. The fourth-order valence-electron chi connectivity index (χ4n) is 1.21. The number of nitro groups is 1. The Kier molecular flexibility index (Phi) is 3.94. The fraction of sp³-hybridized carbons (Fsp3) is 0.375. The van der Waals surface area contributed by atoms with Gasteiger partial charge in [0.1, 0.15) is 6.20 Å². The largest absolute Gasteiger partial charge is 0.490 e. The fourth-order valence-corrected chi connectivity index (χ4v) is 1.43. The van der Waals surface area contributed by atoms with Gasteiger partial charge in [-0.25, -0.2) is 8.78 Å². The number of halogens is 3. The summed E-state index contributed by atoms with van der Waals surface area (Å²) in [6.07, 6.45) is -2.08. The van der Waals surface area contributed by atoms with E-state index in [9.17, 15) is 18.9 Å². The summed E-state index contributed by atoms with van der Waals surface area (Å²) >= 11 is 5.42. The second kappa shape index (κ2) is 5.02. The molecule has 0 atom stereocenters. The lowest BCUT2D eigenvalue weighted by Gasteiger charge is -2.10. The number of hydrogen-bond acceptors (Lipinski definition) is 4. The second-order valence-corrected chi connectivity index (χ2v) is 3.00. The Hall–Kier alpha value is -1.50. The molecular formula is C8H7ClF2N2O3. The normalized spacial score (nSPS) is 10.6. The molecule has 8 heteroatoms. The first-order valence-electron chi connectivity index (χ1n) is 4.07. The zero-order valence-electron chi connectivity index (χ0n) is 8.11. The molecule has 16 heavy (non-hydrogen) atoms. The molecule has 0 aliphatic rings. The Bertz CT molecular complexity index is 415. The topological polar surface area (TPSA) is 65.3 Å². The van der Waals surface area contributed by atoms with Crippen LogP contribution in [0, 0.1) is 10.1 Å². The predicted molar refractivity (Wildman–Crippen MR) is 52.0 cm³/mol. The SMILES string of the molecule is COc1c([N+](=O)[O-])cnc(CCl)c1C(F)F. The van der Waals surface area contributed by atoms with E-state index in [1.165, 1.54) is 0 Å². The number of pyridine rings is 1. The molecule has 0 saturated carbocycles. The number of methoxy groups -OCH3 is 1. The average molecular weight is 253 g/mol. The molecule has 1 rings (SSSR count). The summed E-state index contributed by atoms with van der Waals surface area (Å²) in [7, 11) is 1.08. The van der Waals surface area contributed by atoms with Gasteiger partial charge in [-0.1, -0.05) is 0 Å². The molecule has 0 unspecified atom stereocenters. The van der Waals surface area contributed by atoms with Crippen LogP contribution in [0.25, 0.3) is 0 Å². The van der Waals surface area contributed by atoms with Crippen molar-refractivity contribution in [1.29, 1.82) is 0 Å². The summed E-state index contributed by atoms with van der Waals surface area (Å²) in [4.78, 5) is 13.2. The maximum atomic E-state index is 12.7. The van der Waals surface area contributed by atoms with Gasteiger partial charge >= 0.3 is 5.69 Å². The van der Waals surface area contributed by atoms with Crippen LogP contribution in [-0.2, 0) is 5.88 Å². The highest BCUT2D eigenvalue weighted by molar-refractivity contribution is 6.17. The molecule has 0 aromatic carbocycles. The number of nitrogens with zero attached hydrogens (tertiary/aromatic N) is 2. The zero-order chi connectivity index (χ0) is 12.3. The zero-order valence-corrected chi connectivity index (χ0v) is 8.87. The highest BCUT2D eigenvalue weighted by Gasteiger charge is 2.28. The summed E-state index contributed by atoms with van der Waals surface area (Å²) in [6, 6.07) is 0. The Balaban J connectivity index is 3.49. The van der Waals surface area contributed by atoms with Crippen LogP contribution in [0.1, 0.15) is 17.7 Å². The molecule has 0 aliphatic heterocycles. The van der Waals surface area contributed by atoms with Crippen LogP contribution < -0.4 is 4.74 Å². The number of rotatable bonds is 4. The van der Waals surface area contributed by atoms with Crippen molar-refractivity contribution in [3.63, 3.8) is 0 Å². The number of alkyl halides is 3. The van der Waals surface area contributed by atoms with E-state index >= 15 is 0 Å². The van der Waals surface area contributed by atoms with Crippen LogP contribution in [-0.4, -0.2) is 17.0 Å². The molecule has 0 aliphatic carbocycles. The van der Waals surface area contributed by atoms with Crippen LogP contribution in [0.3, 0.4) is 0 Å². The van der Waals surface area contributed by atoms with Crippen molar-refractivity contribution in [1.82, 2.24) is 4.98 Å². The average Bonchev–Trinajstić information content (AvgIpc) is 2.26. The predicted octanol–water partition coefficient (Wildman–Crippen LogP) is 2.67. The van der Waals surface area contributed by atoms with E-state index in [0.29, 0.717) is 0 Å². The van der Waals surface area contributed by atoms with Gasteiger partial charge in [-0.3, -0.25) is 15.1 Å². The van der Waals surface area contributed by atoms with Gasteiger partial charge < -0.3 is 4.74 Å². The summed E-state index contributed by atoms with van der Waals surface area (Å²) in [5.74, 6) is -0.765. The lowest BCUT2D eigenvalue weighted by Crippen LogP contribution is -2.04. The number of ether oxygens (including phenoxy) is 1. The van der Waals surface area contributed by atoms with Crippen LogP contribution in [0.15, 0.2) is 6.20 Å². The van der Waals surface area contributed by atoms with Crippen LogP contribution >= 0.6 is 11.6 Å². The first-order valence-corrected chi connectivity index (χ1v) is 4.60. The minimum Gasteiger partial charge on any atom is -0.490 e. The Labute approximate surface area is 94.1 Å². The van der Waals surface area contributed by atoms with Gasteiger partial charge in [-0.15, -0.1) is 11.6 Å². The van der Waals surface area contributed by atoms with Crippen molar-refractivity contribution < 1.29 is 18.4 Å². The summed E-state index contributed by atoms with van der Waals surface area (Å²) in [5.41, 5.74) is -1.36. The van der Waals surface area contributed by atoms with Crippen molar-refractivity contribution in [2.75, 3.05) is 7.11 Å². The summed E-state index contributed by atoms with van der Waals surface area (Å²) in [6.45, 7) is 0. The molecule has 0 spiro atoms. The van der Waals surface area contributed by atoms with Crippen molar-refractivity contribution >= 4 is 17.3 Å². The van der Waals surface area contributed by atoms with E-state index in [1.807, 2.05) is 0 Å². The van der Waals surface area contributed by atoms with E-state index in [1.54, 1.807) is 0 Å². The molecule has 1 aromatic rings. The number of hydrogen-bond donors (Lipinski definition) is 0. The first kappa shape index (κ1) is 12.6. The van der Waals surface area contributed by atoms with Crippen molar-refractivity contribution in [3.05, 3.63) is 27.6 Å². The van der Waals surface area contributed by atoms with Crippen molar-refractivity contribution in [3.8, 4) is 5.75 Å². The monoisotopic (exact) mass is 252 g/mol. The molecule has 0 saturated heterocycles. The molecule has 0 N–H and O–H groups in total. The van der Waals surface area contributed by atoms with Gasteiger partial charge in [0.2, 0.25) is 5.75 Å². The standard InChI is InChI=1S/C8H7ClF2N2O3/c1-16-7-5(13(14)15)3-12-4(2-9)6(7)8(10)11/h3,8H,2H2,1H3. The van der Waals surface area contributed by atoms with Gasteiger partial charge in [-0.2, -0.15) is 0 Å². The summed E-state index contributed by atoms with van der Waals surface area (Å²) < 4.78 is 30.0. The van der Waals surface area contributed by atoms with Gasteiger partial charge in [0, 0.05) is 0 Å². The summed E-state index contributed by atoms with van der Waals surface area (Å²) in [5, 5.41) is 10.6. The molecule has 0 fully saturated rings. The third kappa shape index (κ3) is 2.19. The van der Waals surface area contributed by atoms with Crippen LogP contribution in [0.2, 0.25) is 0 Å². The Morgan fingerprint density at radius 1 is 1.69 bits per heavy atom. The van der Waals surface area contributed by atoms with Gasteiger partial charge in [-0.05, 0) is 0 Å². The smallest absolute Gasteiger partial charge is 0.329 e. The maximum absolute atomic E-state index is 12.7. The second-order valence-electron chi connectivity index (χ2n) is 2.73.